The van der Waals surface area contributed by atoms with Gasteiger partial charge in [-0.05, 0) is 54.3 Å². The van der Waals surface area contributed by atoms with Gasteiger partial charge in [-0.2, -0.15) is 0 Å². The van der Waals surface area contributed by atoms with Gasteiger partial charge in [0.25, 0.3) is 0 Å². The van der Waals surface area contributed by atoms with Crippen molar-refractivity contribution >= 4 is 11.6 Å². The van der Waals surface area contributed by atoms with Gasteiger partial charge in [-0.3, -0.25) is 9.69 Å². The second-order valence-corrected chi connectivity index (χ2v) is 6.37. The standard InChI is InChI=1S/C20H24N2O2/c1-2-12-22-13-16-4-3-5-19(18(16)14-22)21-20(24)11-8-15-6-9-17(23)10-7-15/h3-7,9-10,23H,2,8,11-14H2,1H3,(H,21,24). The minimum absolute atomic E-state index is 0.0328. The van der Waals surface area contributed by atoms with Gasteiger partial charge < -0.3 is 10.4 Å². The molecular weight excluding hydrogens is 300 g/mol. The molecule has 0 fully saturated rings. The van der Waals surface area contributed by atoms with E-state index in [4.69, 9.17) is 0 Å². The summed E-state index contributed by atoms with van der Waals surface area (Å²) in [6.07, 6.45) is 2.25. The van der Waals surface area contributed by atoms with E-state index in [0.29, 0.717) is 12.8 Å². The van der Waals surface area contributed by atoms with Crippen LogP contribution in [0.5, 0.6) is 5.75 Å². The highest BCUT2D eigenvalue weighted by molar-refractivity contribution is 5.91. The lowest BCUT2D eigenvalue weighted by Gasteiger charge is -2.13. The summed E-state index contributed by atoms with van der Waals surface area (Å²) in [5.74, 6) is 0.282. The molecule has 1 aliphatic heterocycles. The largest absolute Gasteiger partial charge is 0.508 e. The fourth-order valence-corrected chi connectivity index (χ4v) is 3.21. The number of aryl methyl sites for hydroxylation is 1. The predicted molar refractivity (Wildman–Crippen MR) is 95.9 cm³/mol. The van der Waals surface area contributed by atoms with E-state index in [1.165, 1.54) is 11.1 Å². The topological polar surface area (TPSA) is 52.6 Å². The van der Waals surface area contributed by atoms with E-state index in [9.17, 15) is 9.90 Å². The Kier molecular flexibility index (Phi) is 5.16. The maximum absolute atomic E-state index is 12.3. The van der Waals surface area contributed by atoms with Crippen LogP contribution in [-0.4, -0.2) is 22.5 Å². The first-order valence-electron chi connectivity index (χ1n) is 8.56. The van der Waals surface area contributed by atoms with Gasteiger partial charge in [0.1, 0.15) is 5.75 Å². The molecule has 0 spiro atoms. The summed E-state index contributed by atoms with van der Waals surface area (Å²) in [7, 11) is 0. The van der Waals surface area contributed by atoms with Crippen molar-refractivity contribution in [3.8, 4) is 5.75 Å². The predicted octanol–water partition coefficient (Wildman–Crippen LogP) is 3.69. The normalized spacial score (nSPS) is 13.7. The first-order chi connectivity index (χ1) is 11.7. The number of carbonyl (C=O) groups is 1. The molecule has 1 aliphatic rings. The van der Waals surface area contributed by atoms with Gasteiger partial charge in [-0.1, -0.05) is 31.2 Å². The van der Waals surface area contributed by atoms with Crippen LogP contribution in [0.3, 0.4) is 0 Å². The average Bonchev–Trinajstić information content (AvgIpc) is 2.98. The van der Waals surface area contributed by atoms with Crippen LogP contribution in [-0.2, 0) is 24.3 Å². The number of phenols is 1. The van der Waals surface area contributed by atoms with Gasteiger partial charge in [0, 0.05) is 25.2 Å². The Labute approximate surface area is 143 Å². The van der Waals surface area contributed by atoms with Gasteiger partial charge in [-0.25, -0.2) is 0 Å². The molecule has 4 nitrogen and oxygen atoms in total. The molecule has 2 aromatic rings. The zero-order chi connectivity index (χ0) is 16.9. The smallest absolute Gasteiger partial charge is 0.224 e. The molecule has 24 heavy (non-hydrogen) atoms. The van der Waals surface area contributed by atoms with Crippen molar-refractivity contribution in [3.05, 3.63) is 59.2 Å². The highest BCUT2D eigenvalue weighted by Crippen LogP contribution is 2.29. The second-order valence-electron chi connectivity index (χ2n) is 6.37. The highest BCUT2D eigenvalue weighted by atomic mass is 16.3. The number of hydrogen-bond acceptors (Lipinski definition) is 3. The molecule has 1 amide bonds. The van der Waals surface area contributed by atoms with E-state index in [1.807, 2.05) is 24.3 Å². The fraction of sp³-hybridized carbons (Fsp3) is 0.350. The van der Waals surface area contributed by atoms with Gasteiger partial charge >= 0.3 is 0 Å². The first kappa shape index (κ1) is 16.5. The first-order valence-corrected chi connectivity index (χ1v) is 8.56. The van der Waals surface area contributed by atoms with Crippen molar-refractivity contribution in [3.63, 3.8) is 0 Å². The van der Waals surface area contributed by atoms with Crippen molar-refractivity contribution in [2.24, 2.45) is 0 Å². The lowest BCUT2D eigenvalue weighted by atomic mass is 10.1. The Morgan fingerprint density at radius 2 is 1.96 bits per heavy atom. The number of phenolic OH excluding ortho intramolecular Hbond substituents is 1. The highest BCUT2D eigenvalue weighted by Gasteiger charge is 2.21. The number of aromatic hydroxyl groups is 1. The number of amides is 1. The van der Waals surface area contributed by atoms with E-state index < -0.39 is 0 Å². The quantitative estimate of drug-likeness (QED) is 0.852. The molecular formula is C20H24N2O2. The second kappa shape index (κ2) is 7.49. The lowest BCUT2D eigenvalue weighted by Crippen LogP contribution is -2.17. The Morgan fingerprint density at radius 3 is 2.71 bits per heavy atom. The number of rotatable bonds is 6. The van der Waals surface area contributed by atoms with E-state index in [2.05, 4.69) is 23.2 Å². The van der Waals surface area contributed by atoms with Crippen molar-refractivity contribution in [1.82, 2.24) is 4.90 Å². The zero-order valence-electron chi connectivity index (χ0n) is 14.1. The summed E-state index contributed by atoms with van der Waals surface area (Å²) in [6, 6.07) is 13.2. The van der Waals surface area contributed by atoms with Crippen molar-refractivity contribution in [2.75, 3.05) is 11.9 Å². The van der Waals surface area contributed by atoms with Gasteiger partial charge in [0.15, 0.2) is 0 Å². The molecule has 126 valence electrons. The third-order valence-electron chi connectivity index (χ3n) is 4.44. The number of carbonyl (C=O) groups excluding carboxylic acids is 1. The number of hydrogen-bond donors (Lipinski definition) is 2. The zero-order valence-corrected chi connectivity index (χ0v) is 14.1. The van der Waals surface area contributed by atoms with Gasteiger partial charge in [0.2, 0.25) is 5.91 Å². The Morgan fingerprint density at radius 1 is 1.17 bits per heavy atom. The molecule has 0 unspecified atom stereocenters. The van der Waals surface area contributed by atoms with Crippen LogP contribution in [0.2, 0.25) is 0 Å². The molecule has 4 heteroatoms. The van der Waals surface area contributed by atoms with Crippen LogP contribution >= 0.6 is 0 Å². The Hall–Kier alpha value is -2.33. The van der Waals surface area contributed by atoms with Crippen molar-refractivity contribution in [1.29, 1.82) is 0 Å². The van der Waals surface area contributed by atoms with E-state index in [0.717, 1.165) is 37.3 Å². The van der Waals surface area contributed by atoms with Crippen molar-refractivity contribution < 1.29 is 9.90 Å². The molecule has 2 N–H and O–H groups in total. The monoisotopic (exact) mass is 324 g/mol. The van der Waals surface area contributed by atoms with Crippen molar-refractivity contribution in [2.45, 2.75) is 39.3 Å². The SMILES string of the molecule is CCCN1Cc2cccc(NC(=O)CCc3ccc(O)cc3)c2C1. The average molecular weight is 324 g/mol. The third-order valence-corrected chi connectivity index (χ3v) is 4.44. The van der Waals surface area contributed by atoms with Crippen LogP contribution in [0.25, 0.3) is 0 Å². The van der Waals surface area contributed by atoms with Gasteiger partial charge in [-0.15, -0.1) is 0 Å². The number of nitrogens with zero attached hydrogens (tertiary/aromatic N) is 1. The number of anilines is 1. The summed E-state index contributed by atoms with van der Waals surface area (Å²) >= 11 is 0. The summed E-state index contributed by atoms with van der Waals surface area (Å²) in [5, 5.41) is 12.4. The van der Waals surface area contributed by atoms with Crippen LogP contribution in [0.1, 0.15) is 36.5 Å². The molecule has 2 aromatic carbocycles. The summed E-state index contributed by atoms with van der Waals surface area (Å²) < 4.78 is 0. The number of fused-ring (bicyclic) bond motifs is 1. The molecule has 0 aromatic heterocycles. The lowest BCUT2D eigenvalue weighted by molar-refractivity contribution is -0.116. The molecule has 0 saturated carbocycles. The van der Waals surface area contributed by atoms with Crippen LogP contribution < -0.4 is 5.32 Å². The maximum atomic E-state index is 12.3. The van der Waals surface area contributed by atoms with Gasteiger partial charge in [0.05, 0.1) is 0 Å². The molecule has 0 aliphatic carbocycles. The number of benzene rings is 2. The van der Waals surface area contributed by atoms with E-state index >= 15 is 0 Å². The minimum atomic E-state index is 0.0328. The Bertz CT molecular complexity index is 710. The van der Waals surface area contributed by atoms with Crippen LogP contribution in [0, 0.1) is 0 Å². The number of nitrogens with one attached hydrogen (secondary N) is 1. The molecule has 0 saturated heterocycles. The van der Waals surface area contributed by atoms with E-state index in [1.54, 1.807) is 12.1 Å². The molecule has 0 radical (unpaired) electrons. The summed E-state index contributed by atoms with van der Waals surface area (Å²) in [4.78, 5) is 14.7. The third kappa shape index (κ3) is 3.95. The fourth-order valence-electron chi connectivity index (χ4n) is 3.21. The van der Waals surface area contributed by atoms with E-state index in [-0.39, 0.29) is 11.7 Å². The Balaban J connectivity index is 1.59. The van der Waals surface area contributed by atoms with Crippen LogP contribution in [0.15, 0.2) is 42.5 Å². The molecule has 0 bridgehead atoms. The maximum Gasteiger partial charge on any atom is 0.224 e. The molecule has 1 heterocycles. The van der Waals surface area contributed by atoms with Crippen LogP contribution in [0.4, 0.5) is 5.69 Å². The molecule has 3 rings (SSSR count). The summed E-state index contributed by atoms with van der Waals surface area (Å²) in [6.45, 7) is 5.16. The summed E-state index contributed by atoms with van der Waals surface area (Å²) in [5.41, 5.74) is 4.57. The molecule has 0 atom stereocenters. The minimum Gasteiger partial charge on any atom is -0.508 e.